The zero-order valence-electron chi connectivity index (χ0n) is 12.8. The Balaban J connectivity index is 1.86. The molecule has 3 atom stereocenters. The molecule has 1 aliphatic carbocycles. The molecule has 21 heavy (non-hydrogen) atoms. The topological polar surface area (TPSA) is 43.8 Å². The molecule has 4 rings (SSSR count). The normalized spacial score (nSPS) is 33.2. The van der Waals surface area contributed by atoms with Crippen LogP contribution in [-0.4, -0.2) is 39.2 Å². The summed E-state index contributed by atoms with van der Waals surface area (Å²) < 4.78 is 0. The molecular formula is C17H22N2O2. The predicted molar refractivity (Wildman–Crippen MR) is 79.4 cm³/mol. The highest BCUT2D eigenvalue weighted by Crippen LogP contribution is 2.55. The minimum atomic E-state index is -0.171. The Morgan fingerprint density at radius 1 is 1.38 bits per heavy atom. The van der Waals surface area contributed by atoms with Gasteiger partial charge in [-0.1, -0.05) is 23.8 Å². The maximum atomic E-state index is 12.4. The number of carbonyl (C=O) groups excluding carboxylic acids is 1. The van der Waals surface area contributed by atoms with Gasteiger partial charge in [-0.05, 0) is 38.3 Å². The first-order valence-electron chi connectivity index (χ1n) is 7.75. The number of nitrogens with zero attached hydrogens (tertiary/aromatic N) is 2. The first-order chi connectivity index (χ1) is 9.94. The third-order valence-electron chi connectivity index (χ3n) is 5.43. The monoisotopic (exact) mass is 286 g/mol. The Morgan fingerprint density at radius 2 is 2.14 bits per heavy atom. The Kier molecular flexibility index (Phi) is 2.58. The van der Waals surface area contributed by atoms with Crippen molar-refractivity contribution in [2.24, 2.45) is 5.92 Å². The van der Waals surface area contributed by atoms with Gasteiger partial charge < -0.3 is 5.11 Å². The molecule has 112 valence electrons. The number of aliphatic hydroxyl groups excluding tert-OH is 1. The van der Waals surface area contributed by atoms with Crippen LogP contribution < -0.4 is 0 Å². The van der Waals surface area contributed by atoms with Crippen molar-refractivity contribution >= 4 is 5.91 Å². The van der Waals surface area contributed by atoms with E-state index in [4.69, 9.17) is 0 Å². The summed E-state index contributed by atoms with van der Waals surface area (Å²) in [6, 6.07) is 6.80. The van der Waals surface area contributed by atoms with E-state index < -0.39 is 0 Å². The number of carbonyl (C=O) groups is 1. The summed E-state index contributed by atoms with van der Waals surface area (Å²) in [5.74, 6) is 0.470. The van der Waals surface area contributed by atoms with Gasteiger partial charge in [0, 0.05) is 17.9 Å². The number of fused-ring (bicyclic) bond motifs is 5. The second-order valence-electron chi connectivity index (χ2n) is 7.34. The van der Waals surface area contributed by atoms with Gasteiger partial charge in [0.1, 0.15) is 0 Å². The lowest BCUT2D eigenvalue weighted by molar-refractivity contribution is -0.142. The van der Waals surface area contributed by atoms with Gasteiger partial charge in [0.05, 0.1) is 18.7 Å². The van der Waals surface area contributed by atoms with Crippen molar-refractivity contribution in [1.29, 1.82) is 0 Å². The molecule has 3 unspecified atom stereocenters. The lowest BCUT2D eigenvalue weighted by Gasteiger charge is -2.36. The van der Waals surface area contributed by atoms with Crippen LogP contribution in [0, 0.1) is 12.8 Å². The molecule has 2 saturated heterocycles. The number of aryl methyl sites for hydroxylation is 1. The van der Waals surface area contributed by atoms with Crippen molar-refractivity contribution < 1.29 is 9.90 Å². The fourth-order valence-electron chi connectivity index (χ4n) is 4.62. The van der Waals surface area contributed by atoms with E-state index in [1.807, 2.05) is 5.01 Å². The lowest BCUT2D eigenvalue weighted by atomic mass is 9.90. The van der Waals surface area contributed by atoms with Gasteiger partial charge in [-0.25, -0.2) is 5.01 Å². The SMILES string of the molecule is Cc1ccc2c(c1)C1C(C2)C(CO)N2C(=O)CC(C)(C)N12. The smallest absolute Gasteiger partial charge is 0.239 e. The van der Waals surface area contributed by atoms with Crippen LogP contribution in [-0.2, 0) is 11.2 Å². The summed E-state index contributed by atoms with van der Waals surface area (Å²) in [7, 11) is 0. The van der Waals surface area contributed by atoms with Gasteiger partial charge >= 0.3 is 0 Å². The third kappa shape index (κ3) is 1.60. The number of benzene rings is 1. The van der Waals surface area contributed by atoms with Crippen molar-refractivity contribution in [3.05, 3.63) is 34.9 Å². The Hall–Kier alpha value is -1.39. The van der Waals surface area contributed by atoms with E-state index in [1.54, 1.807) is 0 Å². The van der Waals surface area contributed by atoms with Crippen LogP contribution in [0.4, 0.5) is 0 Å². The number of aliphatic hydroxyl groups is 1. The minimum absolute atomic E-state index is 0.0481. The summed E-state index contributed by atoms with van der Waals surface area (Å²) in [5.41, 5.74) is 3.82. The molecule has 2 heterocycles. The molecule has 2 aliphatic heterocycles. The highest BCUT2D eigenvalue weighted by Gasteiger charge is 2.61. The molecule has 0 spiro atoms. The van der Waals surface area contributed by atoms with Crippen LogP contribution in [0.3, 0.4) is 0 Å². The maximum Gasteiger partial charge on any atom is 0.239 e. The van der Waals surface area contributed by atoms with Crippen LogP contribution in [0.2, 0.25) is 0 Å². The van der Waals surface area contributed by atoms with Crippen LogP contribution in [0.5, 0.6) is 0 Å². The largest absolute Gasteiger partial charge is 0.394 e. The molecule has 3 aliphatic rings. The van der Waals surface area contributed by atoms with E-state index in [2.05, 4.69) is 44.0 Å². The first-order valence-corrected chi connectivity index (χ1v) is 7.75. The van der Waals surface area contributed by atoms with Gasteiger partial charge in [-0.2, -0.15) is 0 Å². The van der Waals surface area contributed by atoms with E-state index in [0.29, 0.717) is 12.3 Å². The first kappa shape index (κ1) is 13.3. The average molecular weight is 286 g/mol. The molecule has 0 radical (unpaired) electrons. The van der Waals surface area contributed by atoms with Crippen LogP contribution >= 0.6 is 0 Å². The molecule has 4 nitrogen and oxygen atoms in total. The molecule has 0 aromatic heterocycles. The molecule has 1 aromatic rings. The summed E-state index contributed by atoms with van der Waals surface area (Å²) in [6.07, 6.45) is 1.50. The van der Waals surface area contributed by atoms with Crippen LogP contribution in [0.1, 0.15) is 43.0 Å². The molecule has 1 N–H and O–H groups in total. The Labute approximate surface area is 125 Å². The predicted octanol–water partition coefficient (Wildman–Crippen LogP) is 1.81. The highest BCUT2D eigenvalue weighted by molar-refractivity contribution is 5.80. The minimum Gasteiger partial charge on any atom is -0.394 e. The number of rotatable bonds is 1. The lowest BCUT2D eigenvalue weighted by Crippen LogP contribution is -2.46. The van der Waals surface area contributed by atoms with Gasteiger partial charge in [0.15, 0.2) is 0 Å². The third-order valence-corrected chi connectivity index (χ3v) is 5.43. The summed E-state index contributed by atoms with van der Waals surface area (Å²) in [4.78, 5) is 12.4. The fraction of sp³-hybridized carbons (Fsp3) is 0.588. The molecule has 0 saturated carbocycles. The van der Waals surface area contributed by atoms with Crippen molar-refractivity contribution in [3.63, 3.8) is 0 Å². The molecular weight excluding hydrogens is 264 g/mol. The molecule has 4 heteroatoms. The highest BCUT2D eigenvalue weighted by atomic mass is 16.3. The number of hydrogen-bond acceptors (Lipinski definition) is 3. The standard InChI is InChI=1S/C17H22N2O2/c1-10-4-5-11-7-13-14(9-20)18-15(21)8-17(2,3)19(18)16(13)12(11)6-10/h4-6,13-14,16,20H,7-9H2,1-3H3. The van der Waals surface area contributed by atoms with E-state index >= 15 is 0 Å². The number of amides is 1. The van der Waals surface area contributed by atoms with Gasteiger partial charge in [0.2, 0.25) is 5.91 Å². The number of hydrogen-bond donors (Lipinski definition) is 1. The van der Waals surface area contributed by atoms with Gasteiger partial charge in [0.25, 0.3) is 0 Å². The van der Waals surface area contributed by atoms with Crippen molar-refractivity contribution in [2.45, 2.75) is 51.2 Å². The fourth-order valence-corrected chi connectivity index (χ4v) is 4.62. The van der Waals surface area contributed by atoms with Crippen LogP contribution in [0.15, 0.2) is 18.2 Å². The number of hydrazine groups is 1. The van der Waals surface area contributed by atoms with Crippen molar-refractivity contribution in [3.8, 4) is 0 Å². The summed E-state index contributed by atoms with van der Waals surface area (Å²) >= 11 is 0. The molecule has 1 amide bonds. The summed E-state index contributed by atoms with van der Waals surface area (Å²) in [5, 5.41) is 14.0. The quantitative estimate of drug-likeness (QED) is 0.856. The van der Waals surface area contributed by atoms with E-state index in [0.717, 1.165) is 6.42 Å². The van der Waals surface area contributed by atoms with Gasteiger partial charge in [-0.15, -0.1) is 0 Å². The Morgan fingerprint density at radius 3 is 2.86 bits per heavy atom. The average Bonchev–Trinajstić information content (AvgIpc) is 2.98. The zero-order chi connectivity index (χ0) is 14.9. The van der Waals surface area contributed by atoms with Crippen molar-refractivity contribution in [1.82, 2.24) is 10.0 Å². The van der Waals surface area contributed by atoms with E-state index in [1.165, 1.54) is 16.7 Å². The van der Waals surface area contributed by atoms with E-state index in [-0.39, 0.29) is 30.1 Å². The van der Waals surface area contributed by atoms with Gasteiger partial charge in [-0.3, -0.25) is 9.80 Å². The second kappa shape index (κ2) is 4.08. The molecule has 1 aromatic carbocycles. The molecule has 0 bridgehead atoms. The summed E-state index contributed by atoms with van der Waals surface area (Å²) in [6.45, 7) is 6.43. The zero-order valence-corrected chi connectivity index (χ0v) is 12.8. The van der Waals surface area contributed by atoms with Crippen LogP contribution in [0.25, 0.3) is 0 Å². The second-order valence-corrected chi connectivity index (χ2v) is 7.34. The molecule has 2 fully saturated rings. The van der Waals surface area contributed by atoms with Crippen molar-refractivity contribution in [2.75, 3.05) is 6.61 Å². The van der Waals surface area contributed by atoms with E-state index in [9.17, 15) is 9.90 Å². The Bertz CT molecular complexity index is 625. The maximum absolute atomic E-state index is 12.4.